The molecular weight excluding hydrogens is 440 g/mol. The molecule has 2 rings (SSSR count). The number of carbonyl (C=O) groups excluding carboxylic acids is 1. The van der Waals surface area contributed by atoms with Crippen molar-refractivity contribution in [2.24, 2.45) is 10.9 Å². The van der Waals surface area contributed by atoms with E-state index < -0.39 is 23.7 Å². The number of nitrogens with one attached hydrogen (secondary N) is 1. The van der Waals surface area contributed by atoms with E-state index in [2.05, 4.69) is 17.1 Å². The molecule has 0 fully saturated rings. The summed E-state index contributed by atoms with van der Waals surface area (Å²) in [6.07, 6.45) is 4.09. The zero-order valence-electron chi connectivity index (χ0n) is 19.1. The van der Waals surface area contributed by atoms with E-state index in [1.54, 1.807) is 50.3 Å². The number of carbonyl (C=O) groups is 1. The number of nitrogens with two attached hydrogens (primary N) is 1. The van der Waals surface area contributed by atoms with Crippen molar-refractivity contribution < 1.29 is 23.9 Å². The summed E-state index contributed by atoms with van der Waals surface area (Å²) in [5, 5.41) is 25.1. The van der Waals surface area contributed by atoms with Crippen molar-refractivity contribution in [3.63, 3.8) is 0 Å². The van der Waals surface area contributed by atoms with Crippen LogP contribution in [0.2, 0.25) is 0 Å². The van der Waals surface area contributed by atoms with Crippen LogP contribution in [0.3, 0.4) is 0 Å². The Labute approximate surface area is 197 Å². The van der Waals surface area contributed by atoms with Crippen molar-refractivity contribution >= 4 is 11.6 Å². The fourth-order valence-electron chi connectivity index (χ4n) is 3.41. The predicted octanol–water partition coefficient (Wildman–Crippen LogP) is 4.40. The lowest BCUT2D eigenvalue weighted by molar-refractivity contribution is 0.0924. The first-order valence-electron chi connectivity index (χ1n) is 10.6. The lowest BCUT2D eigenvalue weighted by Gasteiger charge is -2.20. The van der Waals surface area contributed by atoms with E-state index in [0.717, 1.165) is 12.1 Å². The quantitative estimate of drug-likeness (QED) is 0.179. The normalized spacial score (nSPS) is 14.4. The highest BCUT2D eigenvalue weighted by Crippen LogP contribution is 2.32. The Kier molecular flexibility index (Phi) is 9.70. The molecule has 0 aliphatic heterocycles. The van der Waals surface area contributed by atoms with Crippen molar-refractivity contribution in [2.75, 3.05) is 6.54 Å². The predicted molar refractivity (Wildman–Crippen MR) is 129 cm³/mol. The Bertz CT molecular complexity index is 1100. The van der Waals surface area contributed by atoms with Gasteiger partial charge in [0.15, 0.2) is 0 Å². The molecule has 0 aliphatic carbocycles. The molecule has 0 saturated carbocycles. The Morgan fingerprint density at radius 3 is 2.44 bits per heavy atom. The lowest BCUT2D eigenvalue weighted by Crippen LogP contribution is -2.30. The van der Waals surface area contributed by atoms with Crippen LogP contribution in [0.1, 0.15) is 47.7 Å². The van der Waals surface area contributed by atoms with E-state index in [4.69, 9.17) is 5.73 Å². The molecule has 5 N–H and O–H groups in total. The second kappa shape index (κ2) is 12.5. The summed E-state index contributed by atoms with van der Waals surface area (Å²) < 4.78 is 28.4. The minimum absolute atomic E-state index is 0.0517. The molecule has 2 aromatic rings. The zero-order valence-corrected chi connectivity index (χ0v) is 19.1. The van der Waals surface area contributed by atoms with Gasteiger partial charge in [-0.15, -0.1) is 0 Å². The first kappa shape index (κ1) is 26.5. The minimum Gasteiger partial charge on any atom is -0.411 e. The summed E-state index contributed by atoms with van der Waals surface area (Å²) in [4.78, 5) is 12.3. The average Bonchev–Trinajstić information content (AvgIpc) is 2.78. The third kappa shape index (κ3) is 7.38. The van der Waals surface area contributed by atoms with E-state index >= 15 is 0 Å². The van der Waals surface area contributed by atoms with Gasteiger partial charge < -0.3 is 21.4 Å². The number of hydrogen-bond donors (Lipinski definition) is 4. The number of halogens is 2. The van der Waals surface area contributed by atoms with Gasteiger partial charge in [-0.25, -0.2) is 8.78 Å². The third-order valence-electron chi connectivity index (χ3n) is 5.00. The van der Waals surface area contributed by atoms with E-state index in [0.29, 0.717) is 22.4 Å². The molecule has 2 atom stereocenters. The summed E-state index contributed by atoms with van der Waals surface area (Å²) in [5.41, 5.74) is 8.13. The first-order valence-corrected chi connectivity index (χ1v) is 10.6. The van der Waals surface area contributed by atoms with Crippen molar-refractivity contribution in [3.05, 3.63) is 107 Å². The van der Waals surface area contributed by atoms with Gasteiger partial charge in [-0.1, -0.05) is 42.1 Å². The largest absolute Gasteiger partial charge is 0.411 e. The van der Waals surface area contributed by atoms with Crippen LogP contribution in [0.25, 0.3) is 0 Å². The van der Waals surface area contributed by atoms with Gasteiger partial charge in [0.1, 0.15) is 11.6 Å². The standard InChI is InChI=1S/C26H29F2N3O3/c1-4-5-20(12-16(2)29)25(31-34)14-23(22-11-10-21(27)13-24(22)28)18-6-8-19(9-7-18)26(33)30-15-17(3)32/h4-13,17,23,32,34H,1,14-15,29H2,2-3H3,(H,30,33)/b16-12-,20-5+,31-25+/t17-,23?/m1/s1. The van der Waals surface area contributed by atoms with Crippen LogP contribution in [-0.4, -0.2) is 34.6 Å². The average molecular weight is 470 g/mol. The van der Waals surface area contributed by atoms with Crippen molar-refractivity contribution in [3.8, 4) is 0 Å². The van der Waals surface area contributed by atoms with Crippen LogP contribution >= 0.6 is 0 Å². The maximum atomic E-state index is 14.8. The Morgan fingerprint density at radius 1 is 1.24 bits per heavy atom. The number of oxime groups is 1. The van der Waals surface area contributed by atoms with Crippen LogP contribution in [-0.2, 0) is 0 Å². The smallest absolute Gasteiger partial charge is 0.251 e. The second-order valence-corrected chi connectivity index (χ2v) is 7.90. The van der Waals surface area contributed by atoms with Crippen LogP contribution in [0.5, 0.6) is 0 Å². The number of allylic oxidation sites excluding steroid dienone is 5. The van der Waals surface area contributed by atoms with Gasteiger partial charge in [-0.3, -0.25) is 4.79 Å². The molecule has 0 bridgehead atoms. The first-order chi connectivity index (χ1) is 16.2. The molecule has 0 saturated heterocycles. The number of nitrogens with zero attached hydrogens (tertiary/aromatic N) is 1. The maximum absolute atomic E-state index is 14.8. The highest BCUT2D eigenvalue weighted by molar-refractivity contribution is 6.03. The number of aliphatic hydroxyl groups excluding tert-OH is 1. The summed E-state index contributed by atoms with van der Waals surface area (Å²) in [6.45, 7) is 6.99. The molecule has 0 heterocycles. The van der Waals surface area contributed by atoms with Crippen molar-refractivity contribution in [2.45, 2.75) is 32.3 Å². The fraction of sp³-hybridized carbons (Fsp3) is 0.231. The molecule has 6 nitrogen and oxygen atoms in total. The Balaban J connectivity index is 2.49. The van der Waals surface area contributed by atoms with E-state index in [1.165, 1.54) is 12.1 Å². The summed E-state index contributed by atoms with van der Waals surface area (Å²) in [7, 11) is 0. The highest BCUT2D eigenvalue weighted by atomic mass is 19.1. The molecule has 1 unspecified atom stereocenters. The van der Waals surface area contributed by atoms with E-state index in [-0.39, 0.29) is 30.1 Å². The van der Waals surface area contributed by atoms with Gasteiger partial charge in [-0.2, -0.15) is 0 Å². The second-order valence-electron chi connectivity index (χ2n) is 7.90. The van der Waals surface area contributed by atoms with Gasteiger partial charge in [0.2, 0.25) is 0 Å². The maximum Gasteiger partial charge on any atom is 0.251 e. The Morgan fingerprint density at radius 2 is 1.91 bits per heavy atom. The van der Waals surface area contributed by atoms with Crippen molar-refractivity contribution in [1.29, 1.82) is 0 Å². The topological polar surface area (TPSA) is 108 Å². The van der Waals surface area contributed by atoms with Gasteiger partial charge in [-0.05, 0) is 49.2 Å². The van der Waals surface area contributed by atoms with Crippen molar-refractivity contribution in [1.82, 2.24) is 5.32 Å². The monoisotopic (exact) mass is 469 g/mol. The molecule has 8 heteroatoms. The van der Waals surface area contributed by atoms with Crippen LogP contribution in [0.15, 0.2) is 83.7 Å². The number of rotatable bonds is 10. The number of benzene rings is 2. The molecule has 2 aromatic carbocycles. The summed E-state index contributed by atoms with van der Waals surface area (Å²) >= 11 is 0. The molecule has 1 amide bonds. The Hall–Kier alpha value is -3.78. The van der Waals surface area contributed by atoms with E-state index in [9.17, 15) is 23.9 Å². The zero-order chi connectivity index (χ0) is 25.3. The highest BCUT2D eigenvalue weighted by Gasteiger charge is 2.23. The molecule has 0 radical (unpaired) electrons. The van der Waals surface area contributed by atoms with Crippen LogP contribution in [0.4, 0.5) is 8.78 Å². The molecule has 180 valence electrons. The van der Waals surface area contributed by atoms with Gasteiger partial charge >= 0.3 is 0 Å². The molecular formula is C26H29F2N3O3. The fourth-order valence-corrected chi connectivity index (χ4v) is 3.41. The molecule has 0 aliphatic rings. The van der Waals surface area contributed by atoms with Crippen LogP contribution < -0.4 is 11.1 Å². The van der Waals surface area contributed by atoms with E-state index in [1.807, 2.05) is 0 Å². The molecule has 0 spiro atoms. The molecule has 34 heavy (non-hydrogen) atoms. The summed E-state index contributed by atoms with van der Waals surface area (Å²) in [5.74, 6) is -2.49. The SMILES string of the molecule is C=C/C=C(\C=C(\C)N)C(/CC(c1ccc(C(=O)NC[C@@H](C)O)cc1)c1ccc(F)cc1F)=N/O. The number of amides is 1. The molecule has 0 aromatic heterocycles. The van der Waals surface area contributed by atoms with Gasteiger partial charge in [0.05, 0.1) is 11.8 Å². The van der Waals surface area contributed by atoms with Gasteiger partial charge in [0.25, 0.3) is 5.91 Å². The minimum atomic E-state index is -0.749. The number of hydrogen-bond acceptors (Lipinski definition) is 5. The van der Waals surface area contributed by atoms with Gasteiger partial charge in [0, 0.05) is 41.8 Å². The summed E-state index contributed by atoms with van der Waals surface area (Å²) in [6, 6.07) is 9.74. The third-order valence-corrected chi connectivity index (χ3v) is 5.00. The number of aliphatic hydroxyl groups is 1. The van der Waals surface area contributed by atoms with Crippen LogP contribution in [0, 0.1) is 11.6 Å². The lowest BCUT2D eigenvalue weighted by atomic mass is 9.84.